The lowest BCUT2D eigenvalue weighted by molar-refractivity contribution is 0.0952. The van der Waals surface area contributed by atoms with Crippen molar-refractivity contribution >= 4 is 28.7 Å². The summed E-state index contributed by atoms with van der Waals surface area (Å²) in [7, 11) is 0. The number of rotatable bonds is 4. The summed E-state index contributed by atoms with van der Waals surface area (Å²) < 4.78 is 5.07. The van der Waals surface area contributed by atoms with Crippen LogP contribution in [0.5, 0.6) is 0 Å². The second-order valence-corrected chi connectivity index (χ2v) is 5.81. The first-order valence-corrected chi connectivity index (χ1v) is 7.63. The molecule has 0 spiro atoms. The number of ketones is 1. The first kappa shape index (κ1) is 14.5. The van der Waals surface area contributed by atoms with E-state index in [0.29, 0.717) is 15.7 Å². The van der Waals surface area contributed by atoms with Crippen molar-refractivity contribution < 1.29 is 9.21 Å². The first-order chi connectivity index (χ1) is 10.7. The monoisotopic (exact) mass is 328 g/mol. The third-order valence-corrected chi connectivity index (χ3v) is 4.23. The molecule has 0 bridgehead atoms. The number of benzene rings is 1. The van der Waals surface area contributed by atoms with E-state index in [1.807, 2.05) is 23.6 Å². The predicted octanol–water partition coefficient (Wildman–Crippen LogP) is 4.55. The average Bonchev–Trinajstić information content (AvgIpc) is 3.20. The molecule has 1 unspecified atom stereocenters. The van der Waals surface area contributed by atoms with Gasteiger partial charge in [-0.25, -0.2) is 4.98 Å². The number of furan rings is 1. The molecule has 0 aliphatic carbocycles. The third kappa shape index (κ3) is 2.80. The zero-order valence-electron chi connectivity index (χ0n) is 11.2. The number of halogens is 1. The highest BCUT2D eigenvalue weighted by Crippen LogP contribution is 2.29. The summed E-state index contributed by atoms with van der Waals surface area (Å²) in [5, 5.41) is 12.2. The van der Waals surface area contributed by atoms with Crippen molar-refractivity contribution in [1.82, 2.24) is 4.98 Å². The van der Waals surface area contributed by atoms with Crippen LogP contribution in [-0.4, -0.2) is 10.8 Å². The molecule has 2 aromatic heterocycles. The van der Waals surface area contributed by atoms with Gasteiger partial charge in [-0.2, -0.15) is 5.26 Å². The topological polar surface area (TPSA) is 66.9 Å². The van der Waals surface area contributed by atoms with Gasteiger partial charge in [0.25, 0.3) is 0 Å². The highest BCUT2D eigenvalue weighted by Gasteiger charge is 2.27. The van der Waals surface area contributed by atoms with E-state index in [2.05, 4.69) is 4.98 Å². The fourth-order valence-corrected chi connectivity index (χ4v) is 2.95. The van der Waals surface area contributed by atoms with Gasteiger partial charge in [-0.15, -0.1) is 11.3 Å². The number of Topliss-reactive ketones (excluding diaryl/α,β-unsaturated/α-hetero) is 1. The Morgan fingerprint density at radius 1 is 1.32 bits per heavy atom. The standard InChI is InChI=1S/C16H9ClN2O2S/c17-11-5-3-10(4-6-11)13-9-22-16(19-13)12(8-18)15(20)14-2-1-7-21-14/h1-7,9,12H. The summed E-state index contributed by atoms with van der Waals surface area (Å²) >= 11 is 7.14. The molecule has 0 fully saturated rings. The van der Waals surface area contributed by atoms with E-state index in [4.69, 9.17) is 16.0 Å². The number of nitrogens with zero attached hydrogens (tertiary/aromatic N) is 2. The van der Waals surface area contributed by atoms with Crippen LogP contribution in [0.2, 0.25) is 5.02 Å². The highest BCUT2D eigenvalue weighted by atomic mass is 35.5. The van der Waals surface area contributed by atoms with Gasteiger partial charge >= 0.3 is 0 Å². The molecule has 0 aliphatic rings. The third-order valence-electron chi connectivity index (χ3n) is 3.06. The van der Waals surface area contributed by atoms with Crippen molar-refractivity contribution in [2.24, 2.45) is 0 Å². The van der Waals surface area contributed by atoms with Crippen LogP contribution >= 0.6 is 22.9 Å². The van der Waals surface area contributed by atoms with Crippen molar-refractivity contribution in [3.63, 3.8) is 0 Å². The maximum Gasteiger partial charge on any atom is 0.222 e. The van der Waals surface area contributed by atoms with Crippen LogP contribution in [0.15, 0.2) is 52.5 Å². The quantitative estimate of drug-likeness (QED) is 0.659. The Kier molecular flexibility index (Phi) is 4.05. The maximum absolute atomic E-state index is 12.3. The number of nitriles is 1. The summed E-state index contributed by atoms with van der Waals surface area (Å²) in [5.74, 6) is -1.18. The molecule has 1 atom stereocenters. The summed E-state index contributed by atoms with van der Waals surface area (Å²) in [6.07, 6.45) is 1.41. The second-order valence-electron chi connectivity index (χ2n) is 4.48. The molecule has 3 aromatic rings. The lowest BCUT2D eigenvalue weighted by atomic mass is 10.0. The predicted molar refractivity (Wildman–Crippen MR) is 84.0 cm³/mol. The first-order valence-electron chi connectivity index (χ1n) is 6.37. The van der Waals surface area contributed by atoms with Gasteiger partial charge in [0, 0.05) is 16.0 Å². The largest absolute Gasteiger partial charge is 0.461 e. The molecule has 0 N–H and O–H groups in total. The molecule has 1 aromatic carbocycles. The molecule has 108 valence electrons. The minimum atomic E-state index is -0.961. The Labute approximate surface area is 135 Å². The van der Waals surface area contributed by atoms with Crippen LogP contribution in [-0.2, 0) is 0 Å². The second kappa shape index (κ2) is 6.14. The summed E-state index contributed by atoms with van der Waals surface area (Å²) in [5.41, 5.74) is 1.60. The van der Waals surface area contributed by atoms with Gasteiger partial charge in [-0.05, 0) is 24.3 Å². The molecular weight excluding hydrogens is 320 g/mol. The van der Waals surface area contributed by atoms with Gasteiger partial charge in [0.1, 0.15) is 5.01 Å². The normalized spacial score (nSPS) is 11.8. The number of hydrogen-bond acceptors (Lipinski definition) is 5. The van der Waals surface area contributed by atoms with Gasteiger partial charge in [0.2, 0.25) is 5.78 Å². The molecule has 0 amide bonds. The van der Waals surface area contributed by atoms with Crippen molar-refractivity contribution in [1.29, 1.82) is 5.26 Å². The molecule has 3 rings (SSSR count). The van der Waals surface area contributed by atoms with E-state index in [1.54, 1.807) is 24.3 Å². The lowest BCUT2D eigenvalue weighted by Crippen LogP contribution is -2.10. The van der Waals surface area contributed by atoms with Gasteiger partial charge in [-0.3, -0.25) is 4.79 Å². The van der Waals surface area contributed by atoms with Crippen LogP contribution < -0.4 is 0 Å². The zero-order valence-corrected chi connectivity index (χ0v) is 12.8. The van der Waals surface area contributed by atoms with Crippen molar-refractivity contribution in [2.75, 3.05) is 0 Å². The number of hydrogen-bond donors (Lipinski definition) is 0. The molecule has 2 heterocycles. The number of carbonyl (C=O) groups excluding carboxylic acids is 1. The Bertz CT molecular complexity index is 832. The minimum Gasteiger partial charge on any atom is -0.461 e. The van der Waals surface area contributed by atoms with Gasteiger partial charge < -0.3 is 4.42 Å². The summed E-state index contributed by atoms with van der Waals surface area (Å²) in [4.78, 5) is 16.7. The lowest BCUT2D eigenvalue weighted by Gasteiger charge is -2.02. The van der Waals surface area contributed by atoms with Crippen molar-refractivity contribution in [3.05, 3.63) is 63.8 Å². The van der Waals surface area contributed by atoms with Gasteiger partial charge in [-0.1, -0.05) is 23.7 Å². The van der Waals surface area contributed by atoms with Crippen LogP contribution in [0, 0.1) is 11.3 Å². The van der Waals surface area contributed by atoms with E-state index in [0.717, 1.165) is 5.56 Å². The van der Waals surface area contributed by atoms with E-state index >= 15 is 0 Å². The van der Waals surface area contributed by atoms with Crippen molar-refractivity contribution in [2.45, 2.75) is 5.92 Å². The Hall–Kier alpha value is -2.42. The fourth-order valence-electron chi connectivity index (χ4n) is 1.96. The number of carbonyl (C=O) groups is 1. The van der Waals surface area contributed by atoms with Crippen LogP contribution in [0.3, 0.4) is 0 Å². The highest BCUT2D eigenvalue weighted by molar-refractivity contribution is 7.10. The number of thiazole rings is 1. The average molecular weight is 329 g/mol. The van der Waals surface area contributed by atoms with E-state index in [9.17, 15) is 10.1 Å². The molecule has 0 saturated heterocycles. The molecule has 0 saturated carbocycles. The van der Waals surface area contributed by atoms with E-state index < -0.39 is 5.92 Å². The smallest absolute Gasteiger partial charge is 0.222 e. The van der Waals surface area contributed by atoms with Crippen molar-refractivity contribution in [3.8, 4) is 17.3 Å². The molecule has 4 nitrogen and oxygen atoms in total. The SMILES string of the molecule is N#CC(C(=O)c1ccco1)c1nc(-c2ccc(Cl)cc2)cs1. The molecule has 0 radical (unpaired) electrons. The van der Waals surface area contributed by atoms with E-state index in [-0.39, 0.29) is 11.5 Å². The van der Waals surface area contributed by atoms with Gasteiger partial charge in [0.15, 0.2) is 11.7 Å². The summed E-state index contributed by atoms with van der Waals surface area (Å²) in [6.45, 7) is 0. The molecule has 6 heteroatoms. The van der Waals surface area contributed by atoms with Crippen LogP contribution in [0.1, 0.15) is 21.5 Å². The summed E-state index contributed by atoms with van der Waals surface area (Å²) in [6, 6.07) is 12.4. The fraction of sp³-hybridized carbons (Fsp3) is 0.0625. The molecule has 22 heavy (non-hydrogen) atoms. The molecule has 0 aliphatic heterocycles. The Morgan fingerprint density at radius 3 is 2.73 bits per heavy atom. The van der Waals surface area contributed by atoms with Gasteiger partial charge in [0.05, 0.1) is 18.0 Å². The van der Waals surface area contributed by atoms with Crippen LogP contribution in [0.4, 0.5) is 0 Å². The van der Waals surface area contributed by atoms with Crippen LogP contribution in [0.25, 0.3) is 11.3 Å². The number of aromatic nitrogens is 1. The van der Waals surface area contributed by atoms with E-state index in [1.165, 1.54) is 17.6 Å². The zero-order chi connectivity index (χ0) is 15.5. The maximum atomic E-state index is 12.3. The Balaban J connectivity index is 1.90. The minimum absolute atomic E-state index is 0.162. The molecular formula is C16H9ClN2O2S. The Morgan fingerprint density at radius 2 is 2.09 bits per heavy atom.